The van der Waals surface area contributed by atoms with Crippen molar-refractivity contribution < 1.29 is 9.59 Å². The predicted molar refractivity (Wildman–Crippen MR) is 74.9 cm³/mol. The Kier molecular flexibility index (Phi) is 4.65. The average Bonchev–Trinajstić information content (AvgIpc) is 2.84. The molecule has 1 aromatic carbocycles. The Balaban J connectivity index is 1.86. The summed E-state index contributed by atoms with van der Waals surface area (Å²) in [7, 11) is 0. The van der Waals surface area contributed by atoms with Gasteiger partial charge in [0.1, 0.15) is 5.78 Å². The van der Waals surface area contributed by atoms with Crippen LogP contribution >= 0.6 is 0 Å². The number of ketones is 1. The first-order valence-electron chi connectivity index (χ1n) is 6.49. The number of benzene rings is 1. The van der Waals surface area contributed by atoms with E-state index in [1.165, 1.54) is 5.56 Å². The molecule has 0 spiro atoms. The lowest BCUT2D eigenvalue weighted by Crippen LogP contribution is -2.16. The van der Waals surface area contributed by atoms with Gasteiger partial charge in [0.25, 0.3) is 0 Å². The van der Waals surface area contributed by atoms with Crippen LogP contribution in [-0.4, -0.2) is 21.5 Å². The Morgan fingerprint density at radius 2 is 1.90 bits per heavy atom. The Morgan fingerprint density at radius 1 is 1.15 bits per heavy atom. The molecule has 0 bridgehead atoms. The highest BCUT2D eigenvalue weighted by Crippen LogP contribution is 2.06. The van der Waals surface area contributed by atoms with Crippen molar-refractivity contribution in [3.05, 3.63) is 53.9 Å². The molecule has 1 heterocycles. The molecule has 0 radical (unpaired) electrons. The molecule has 0 atom stereocenters. The molecule has 5 nitrogen and oxygen atoms in total. The molecular formula is C15H17N3O2. The van der Waals surface area contributed by atoms with Crippen LogP contribution in [0.1, 0.15) is 24.0 Å². The Labute approximate surface area is 117 Å². The van der Waals surface area contributed by atoms with Gasteiger partial charge >= 0.3 is 0 Å². The number of carbonyl (C=O) groups is 2. The zero-order valence-corrected chi connectivity index (χ0v) is 11.2. The first kappa shape index (κ1) is 14.0. The first-order chi connectivity index (χ1) is 9.63. The van der Waals surface area contributed by atoms with Crippen LogP contribution in [0.4, 0.5) is 0 Å². The van der Waals surface area contributed by atoms with Crippen molar-refractivity contribution in [2.45, 2.75) is 25.8 Å². The van der Waals surface area contributed by atoms with Gasteiger partial charge in [0.05, 0.1) is 19.2 Å². The summed E-state index contributed by atoms with van der Waals surface area (Å²) in [5, 5.41) is 4.26. The fraction of sp³-hybridized carbons (Fsp3) is 0.267. The van der Waals surface area contributed by atoms with Crippen LogP contribution in [0.15, 0.2) is 42.7 Å². The number of aryl methyl sites for hydroxylation is 1. The average molecular weight is 271 g/mol. The number of aromatic nitrogens is 2. The Hall–Kier alpha value is -2.43. The lowest BCUT2D eigenvalue weighted by atomic mass is 10.1. The summed E-state index contributed by atoms with van der Waals surface area (Å²) in [6, 6.07) is 10.0. The number of Topliss-reactive ketones (excluding diaryl/α,β-unsaturated/α-hetero) is 1. The summed E-state index contributed by atoms with van der Waals surface area (Å²) in [6.45, 7) is 0.704. The van der Waals surface area contributed by atoms with Crippen molar-refractivity contribution in [3.8, 4) is 0 Å². The molecule has 2 aromatic rings. The maximum atomic E-state index is 11.4. The number of amides is 1. The second-order valence-corrected chi connectivity index (χ2v) is 4.71. The van der Waals surface area contributed by atoms with Crippen LogP contribution in [0, 0.1) is 0 Å². The zero-order chi connectivity index (χ0) is 14.4. The standard InChI is InChI=1S/C15H17N3O2/c16-15(20)8-14(19)7-6-13-9-17-18(11-13)10-12-4-2-1-3-5-12/h1-5,9,11H,6-8,10H2,(H2,16,20). The second-order valence-electron chi connectivity index (χ2n) is 4.71. The van der Waals surface area contributed by atoms with Crippen LogP contribution in [0.5, 0.6) is 0 Å². The number of hydrogen-bond donors (Lipinski definition) is 1. The van der Waals surface area contributed by atoms with Gasteiger partial charge in [-0.25, -0.2) is 0 Å². The topological polar surface area (TPSA) is 78.0 Å². The zero-order valence-electron chi connectivity index (χ0n) is 11.2. The molecule has 0 saturated carbocycles. The Bertz CT molecular complexity index is 590. The van der Waals surface area contributed by atoms with Crippen molar-refractivity contribution in [1.82, 2.24) is 9.78 Å². The third-order valence-electron chi connectivity index (χ3n) is 2.94. The summed E-state index contributed by atoms with van der Waals surface area (Å²) >= 11 is 0. The van der Waals surface area contributed by atoms with E-state index in [4.69, 9.17) is 5.73 Å². The number of carbonyl (C=O) groups excluding carboxylic acids is 2. The quantitative estimate of drug-likeness (QED) is 0.771. The third-order valence-corrected chi connectivity index (χ3v) is 2.94. The minimum atomic E-state index is -0.574. The van der Waals surface area contributed by atoms with Gasteiger partial charge in [0.15, 0.2) is 0 Å². The highest BCUT2D eigenvalue weighted by Gasteiger charge is 2.07. The van der Waals surface area contributed by atoms with Gasteiger partial charge in [0.2, 0.25) is 5.91 Å². The summed E-state index contributed by atoms with van der Waals surface area (Å²) < 4.78 is 1.84. The molecule has 2 N–H and O–H groups in total. The predicted octanol–water partition coefficient (Wildman–Crippen LogP) is 1.31. The summed E-state index contributed by atoms with van der Waals surface area (Å²) in [5.74, 6) is -0.705. The van der Waals surface area contributed by atoms with Gasteiger partial charge < -0.3 is 5.73 Å². The fourth-order valence-corrected chi connectivity index (χ4v) is 1.96. The van der Waals surface area contributed by atoms with Crippen molar-refractivity contribution in [2.75, 3.05) is 0 Å². The molecule has 20 heavy (non-hydrogen) atoms. The molecule has 0 aliphatic rings. The van der Waals surface area contributed by atoms with E-state index in [1.54, 1.807) is 6.20 Å². The van der Waals surface area contributed by atoms with E-state index in [-0.39, 0.29) is 12.2 Å². The van der Waals surface area contributed by atoms with Crippen molar-refractivity contribution in [1.29, 1.82) is 0 Å². The van der Waals surface area contributed by atoms with Crippen LogP contribution in [0.3, 0.4) is 0 Å². The van der Waals surface area contributed by atoms with Gasteiger partial charge in [-0.05, 0) is 17.5 Å². The van der Waals surface area contributed by atoms with Gasteiger partial charge in [-0.15, -0.1) is 0 Å². The van der Waals surface area contributed by atoms with Crippen LogP contribution in [-0.2, 0) is 22.6 Å². The van der Waals surface area contributed by atoms with E-state index in [1.807, 2.05) is 41.2 Å². The maximum absolute atomic E-state index is 11.4. The monoisotopic (exact) mass is 271 g/mol. The molecule has 0 fully saturated rings. The normalized spacial score (nSPS) is 10.4. The number of nitrogens with zero attached hydrogens (tertiary/aromatic N) is 2. The van der Waals surface area contributed by atoms with Crippen LogP contribution in [0.25, 0.3) is 0 Å². The van der Waals surface area contributed by atoms with Crippen molar-refractivity contribution in [3.63, 3.8) is 0 Å². The first-order valence-corrected chi connectivity index (χ1v) is 6.49. The molecule has 0 saturated heterocycles. The second kappa shape index (κ2) is 6.65. The van der Waals surface area contributed by atoms with Crippen LogP contribution < -0.4 is 5.73 Å². The van der Waals surface area contributed by atoms with Gasteiger partial charge in [-0.2, -0.15) is 5.10 Å². The highest BCUT2D eigenvalue weighted by atomic mass is 16.2. The van der Waals surface area contributed by atoms with Crippen molar-refractivity contribution in [2.24, 2.45) is 5.73 Å². The molecule has 2 rings (SSSR count). The smallest absolute Gasteiger partial charge is 0.224 e. The molecule has 0 unspecified atom stereocenters. The van der Waals surface area contributed by atoms with Gasteiger partial charge in [-0.1, -0.05) is 30.3 Å². The third kappa shape index (κ3) is 4.35. The minimum absolute atomic E-state index is 0.131. The summed E-state index contributed by atoms with van der Waals surface area (Å²) in [5.41, 5.74) is 7.13. The SMILES string of the molecule is NC(=O)CC(=O)CCc1cnn(Cc2ccccc2)c1. The van der Waals surface area contributed by atoms with E-state index in [9.17, 15) is 9.59 Å². The molecule has 0 aliphatic heterocycles. The largest absolute Gasteiger partial charge is 0.369 e. The summed E-state index contributed by atoms with van der Waals surface area (Å²) in [6.07, 6.45) is 4.39. The van der Waals surface area contributed by atoms with E-state index >= 15 is 0 Å². The number of primary amides is 1. The number of hydrogen-bond acceptors (Lipinski definition) is 3. The summed E-state index contributed by atoms with van der Waals surface area (Å²) in [4.78, 5) is 22.0. The molecular weight excluding hydrogens is 254 g/mol. The van der Waals surface area contributed by atoms with E-state index < -0.39 is 5.91 Å². The molecule has 5 heteroatoms. The van der Waals surface area contributed by atoms with Crippen molar-refractivity contribution >= 4 is 11.7 Å². The van der Waals surface area contributed by atoms with E-state index in [0.29, 0.717) is 19.4 Å². The fourth-order valence-electron chi connectivity index (χ4n) is 1.96. The van der Waals surface area contributed by atoms with E-state index in [2.05, 4.69) is 5.10 Å². The number of rotatable bonds is 7. The molecule has 104 valence electrons. The molecule has 0 aliphatic carbocycles. The van der Waals surface area contributed by atoms with Gasteiger partial charge in [-0.3, -0.25) is 14.3 Å². The lowest BCUT2D eigenvalue weighted by Gasteiger charge is -2.00. The highest BCUT2D eigenvalue weighted by molar-refractivity contribution is 5.97. The maximum Gasteiger partial charge on any atom is 0.224 e. The number of nitrogens with two attached hydrogens (primary N) is 1. The van der Waals surface area contributed by atoms with Gasteiger partial charge in [0, 0.05) is 12.6 Å². The molecule has 1 aromatic heterocycles. The van der Waals surface area contributed by atoms with E-state index in [0.717, 1.165) is 5.56 Å². The Morgan fingerprint density at radius 3 is 2.60 bits per heavy atom. The lowest BCUT2D eigenvalue weighted by molar-refractivity contribution is -0.126. The molecule has 1 amide bonds. The minimum Gasteiger partial charge on any atom is -0.369 e. The van der Waals surface area contributed by atoms with Crippen LogP contribution in [0.2, 0.25) is 0 Å².